The molecule has 0 saturated carbocycles. The summed E-state index contributed by atoms with van der Waals surface area (Å²) < 4.78 is 10.8. The van der Waals surface area contributed by atoms with E-state index in [0.29, 0.717) is 37.9 Å². The van der Waals surface area contributed by atoms with E-state index in [4.69, 9.17) is 9.47 Å². The molecule has 0 heterocycles. The van der Waals surface area contributed by atoms with Gasteiger partial charge in [-0.05, 0) is 90.9 Å². The maximum atomic E-state index is 11.9. The van der Waals surface area contributed by atoms with Gasteiger partial charge in [-0.3, -0.25) is 9.59 Å². The Morgan fingerprint density at radius 3 is 1.29 bits per heavy atom. The average molecular weight is 479 g/mol. The van der Waals surface area contributed by atoms with Gasteiger partial charge in [0.2, 0.25) is 0 Å². The van der Waals surface area contributed by atoms with E-state index in [1.807, 2.05) is 0 Å². The molecule has 34 heavy (non-hydrogen) atoms. The Labute approximate surface area is 210 Å². The lowest BCUT2D eigenvalue weighted by Gasteiger charge is -2.11. The summed E-state index contributed by atoms with van der Waals surface area (Å²) in [5.74, 6) is 1.04. The molecule has 0 aromatic rings. The van der Waals surface area contributed by atoms with Crippen molar-refractivity contribution >= 4 is 11.9 Å². The van der Waals surface area contributed by atoms with E-state index in [2.05, 4.69) is 53.7 Å². The Bertz CT molecular complexity index is 531. The van der Waals surface area contributed by atoms with Crippen LogP contribution in [0.15, 0.2) is 23.3 Å². The van der Waals surface area contributed by atoms with Crippen molar-refractivity contribution in [3.05, 3.63) is 23.3 Å². The van der Waals surface area contributed by atoms with Gasteiger partial charge in [-0.15, -0.1) is 0 Å². The smallest absolute Gasteiger partial charge is 0.305 e. The lowest BCUT2D eigenvalue weighted by molar-refractivity contribution is -0.145. The van der Waals surface area contributed by atoms with Crippen LogP contribution in [-0.4, -0.2) is 25.2 Å². The Hall–Kier alpha value is -1.58. The molecule has 0 amide bonds. The number of carbonyl (C=O) groups excluding carboxylic acids is 2. The Morgan fingerprint density at radius 1 is 0.588 bits per heavy atom. The average Bonchev–Trinajstić information content (AvgIpc) is 2.75. The summed E-state index contributed by atoms with van der Waals surface area (Å²) in [7, 11) is 0. The van der Waals surface area contributed by atoms with Crippen LogP contribution in [0.1, 0.15) is 131 Å². The van der Waals surface area contributed by atoms with E-state index in [1.54, 1.807) is 0 Å². The van der Waals surface area contributed by atoms with Gasteiger partial charge < -0.3 is 9.47 Å². The number of carbonyl (C=O) groups is 2. The minimum Gasteiger partial charge on any atom is -0.466 e. The Kier molecular flexibility index (Phi) is 20.9. The zero-order valence-electron chi connectivity index (χ0n) is 23.3. The SMILES string of the molecule is CC(C)=CCCC(C)CCOC(=O)CCCCCCCCC(=O)OCCC(C)CCC=C(C)C. The highest BCUT2D eigenvalue weighted by Crippen LogP contribution is 2.14. The molecule has 2 unspecified atom stereocenters. The summed E-state index contributed by atoms with van der Waals surface area (Å²) >= 11 is 0. The van der Waals surface area contributed by atoms with Gasteiger partial charge in [-0.2, -0.15) is 0 Å². The quantitative estimate of drug-likeness (QED) is 0.0940. The van der Waals surface area contributed by atoms with Crippen molar-refractivity contribution in [3.63, 3.8) is 0 Å². The lowest BCUT2D eigenvalue weighted by atomic mass is 10.0. The van der Waals surface area contributed by atoms with Gasteiger partial charge in [0.1, 0.15) is 0 Å². The Morgan fingerprint density at radius 2 is 0.941 bits per heavy atom. The second kappa shape index (κ2) is 21.9. The number of rotatable bonds is 21. The van der Waals surface area contributed by atoms with Crippen LogP contribution in [-0.2, 0) is 19.1 Å². The Balaban J connectivity index is 3.50. The third-order valence-electron chi connectivity index (χ3n) is 6.18. The summed E-state index contributed by atoms with van der Waals surface area (Å²) in [5.41, 5.74) is 2.73. The fourth-order valence-electron chi connectivity index (χ4n) is 3.74. The zero-order valence-corrected chi connectivity index (χ0v) is 23.3. The largest absolute Gasteiger partial charge is 0.466 e. The molecule has 0 aromatic heterocycles. The van der Waals surface area contributed by atoms with Crippen LogP contribution in [0, 0.1) is 11.8 Å². The third kappa shape index (κ3) is 23.6. The molecular formula is C30H54O4. The van der Waals surface area contributed by atoms with Gasteiger partial charge >= 0.3 is 11.9 Å². The molecule has 0 fully saturated rings. The van der Waals surface area contributed by atoms with Crippen molar-refractivity contribution in [1.29, 1.82) is 0 Å². The molecule has 4 heteroatoms. The fourth-order valence-corrected chi connectivity index (χ4v) is 3.74. The fraction of sp³-hybridized carbons (Fsp3) is 0.800. The zero-order chi connectivity index (χ0) is 25.6. The van der Waals surface area contributed by atoms with Gasteiger partial charge in [0.05, 0.1) is 13.2 Å². The molecular weight excluding hydrogens is 424 g/mol. The normalized spacial score (nSPS) is 12.5. The van der Waals surface area contributed by atoms with Crippen molar-refractivity contribution in [3.8, 4) is 0 Å². The van der Waals surface area contributed by atoms with Gasteiger partial charge in [0, 0.05) is 12.8 Å². The molecule has 0 aliphatic heterocycles. The number of ether oxygens (including phenoxy) is 2. The molecule has 0 N–H and O–H groups in total. The second-order valence-corrected chi connectivity index (χ2v) is 10.6. The molecule has 0 aromatic carbocycles. The van der Waals surface area contributed by atoms with Crippen molar-refractivity contribution in [2.45, 2.75) is 131 Å². The third-order valence-corrected chi connectivity index (χ3v) is 6.18. The first-order valence-electron chi connectivity index (χ1n) is 13.8. The van der Waals surface area contributed by atoms with E-state index in [1.165, 1.54) is 11.1 Å². The minimum atomic E-state index is -0.0643. The topological polar surface area (TPSA) is 52.6 Å². The van der Waals surface area contributed by atoms with Crippen LogP contribution >= 0.6 is 0 Å². The molecule has 0 spiro atoms. The second-order valence-electron chi connectivity index (χ2n) is 10.6. The highest BCUT2D eigenvalue weighted by molar-refractivity contribution is 5.69. The molecule has 0 radical (unpaired) electrons. The molecule has 0 rings (SSSR count). The van der Waals surface area contributed by atoms with Crippen LogP contribution in [0.3, 0.4) is 0 Å². The van der Waals surface area contributed by atoms with E-state index in [-0.39, 0.29) is 11.9 Å². The van der Waals surface area contributed by atoms with Crippen molar-refractivity contribution < 1.29 is 19.1 Å². The molecule has 4 nitrogen and oxygen atoms in total. The van der Waals surface area contributed by atoms with Crippen LogP contribution in [0.4, 0.5) is 0 Å². The highest BCUT2D eigenvalue weighted by Gasteiger charge is 2.07. The van der Waals surface area contributed by atoms with Gasteiger partial charge in [-0.25, -0.2) is 0 Å². The number of unbranched alkanes of at least 4 members (excludes halogenated alkanes) is 5. The molecule has 198 valence electrons. The van der Waals surface area contributed by atoms with Gasteiger partial charge in [-0.1, -0.05) is 62.8 Å². The van der Waals surface area contributed by atoms with Crippen molar-refractivity contribution in [2.24, 2.45) is 11.8 Å². The van der Waals surface area contributed by atoms with Crippen molar-refractivity contribution in [1.82, 2.24) is 0 Å². The first-order chi connectivity index (χ1) is 16.2. The lowest BCUT2D eigenvalue weighted by Crippen LogP contribution is -2.08. The van der Waals surface area contributed by atoms with Crippen molar-refractivity contribution in [2.75, 3.05) is 13.2 Å². The predicted octanol–water partition coefficient (Wildman–Crippen LogP) is 8.74. The van der Waals surface area contributed by atoms with Crippen LogP contribution in [0.2, 0.25) is 0 Å². The molecule has 0 aliphatic carbocycles. The van der Waals surface area contributed by atoms with Crippen LogP contribution in [0.5, 0.6) is 0 Å². The van der Waals surface area contributed by atoms with E-state index < -0.39 is 0 Å². The van der Waals surface area contributed by atoms with Gasteiger partial charge in [0.15, 0.2) is 0 Å². The maximum absolute atomic E-state index is 11.9. The standard InChI is InChI=1S/C30H54O4/c1-25(2)15-13-17-27(5)21-23-33-29(31)19-11-9-7-8-10-12-20-30(32)34-24-22-28(6)18-14-16-26(3)4/h15-16,27-28H,7-14,17-24H2,1-6H3. The molecule has 2 atom stereocenters. The predicted molar refractivity (Wildman–Crippen MR) is 144 cm³/mol. The van der Waals surface area contributed by atoms with E-state index >= 15 is 0 Å². The number of esters is 2. The van der Waals surface area contributed by atoms with Crippen LogP contribution in [0.25, 0.3) is 0 Å². The van der Waals surface area contributed by atoms with E-state index in [9.17, 15) is 9.59 Å². The number of hydrogen-bond acceptors (Lipinski definition) is 4. The summed E-state index contributed by atoms with van der Waals surface area (Å²) in [6.07, 6.45) is 18.1. The summed E-state index contributed by atoms with van der Waals surface area (Å²) in [6, 6.07) is 0. The van der Waals surface area contributed by atoms with Gasteiger partial charge in [0.25, 0.3) is 0 Å². The van der Waals surface area contributed by atoms with E-state index in [0.717, 1.165) is 77.0 Å². The summed E-state index contributed by atoms with van der Waals surface area (Å²) in [5, 5.41) is 0. The molecule has 0 bridgehead atoms. The first-order valence-corrected chi connectivity index (χ1v) is 13.8. The summed E-state index contributed by atoms with van der Waals surface area (Å²) in [4.78, 5) is 23.7. The maximum Gasteiger partial charge on any atom is 0.305 e. The minimum absolute atomic E-state index is 0.0643. The number of hydrogen-bond donors (Lipinski definition) is 0. The summed E-state index contributed by atoms with van der Waals surface area (Å²) in [6.45, 7) is 14.0. The first kappa shape index (κ1) is 32.4. The molecule has 0 saturated heterocycles. The van der Waals surface area contributed by atoms with Crippen LogP contribution < -0.4 is 0 Å². The monoisotopic (exact) mass is 478 g/mol. The highest BCUT2D eigenvalue weighted by atomic mass is 16.5. The molecule has 0 aliphatic rings. The number of allylic oxidation sites excluding steroid dienone is 4.